The van der Waals surface area contributed by atoms with Crippen molar-refractivity contribution < 1.29 is 9.53 Å². The van der Waals surface area contributed by atoms with E-state index in [0.29, 0.717) is 18.8 Å². The lowest BCUT2D eigenvalue weighted by molar-refractivity contribution is -0.129. The van der Waals surface area contributed by atoms with E-state index in [0.717, 1.165) is 16.2 Å². The summed E-state index contributed by atoms with van der Waals surface area (Å²) < 4.78 is 6.86. The topological polar surface area (TPSA) is 73.2 Å². The summed E-state index contributed by atoms with van der Waals surface area (Å²) >= 11 is 1.53. The summed E-state index contributed by atoms with van der Waals surface area (Å²) in [6.45, 7) is 6.03. The highest BCUT2D eigenvalue weighted by Gasteiger charge is 2.32. The molecule has 2 aromatic heterocycles. The van der Waals surface area contributed by atoms with Gasteiger partial charge in [-0.15, -0.1) is 11.3 Å². The fourth-order valence-electron chi connectivity index (χ4n) is 2.65. The van der Waals surface area contributed by atoms with Gasteiger partial charge in [0.05, 0.1) is 11.4 Å². The van der Waals surface area contributed by atoms with Crippen LogP contribution in [0.3, 0.4) is 0 Å². The molecule has 1 amide bonds. The van der Waals surface area contributed by atoms with Crippen LogP contribution in [0.4, 0.5) is 0 Å². The third-order valence-electron chi connectivity index (χ3n) is 4.34. The summed E-state index contributed by atoms with van der Waals surface area (Å²) in [6.07, 6.45) is 0. The fourth-order valence-corrected chi connectivity index (χ4v) is 3.34. The van der Waals surface area contributed by atoms with E-state index in [9.17, 15) is 9.59 Å². The second-order valence-electron chi connectivity index (χ2n) is 6.92. The van der Waals surface area contributed by atoms with E-state index in [1.54, 1.807) is 19.9 Å². The summed E-state index contributed by atoms with van der Waals surface area (Å²) in [5.74, 6) is 0.457. The molecule has 3 aromatic rings. The Balaban J connectivity index is 1.64. The maximum atomic E-state index is 12.7. The molecule has 0 spiro atoms. The average Bonchev–Trinajstić information content (AvgIpc) is 3.21. The Kier molecular flexibility index (Phi) is 5.94. The van der Waals surface area contributed by atoms with Crippen LogP contribution in [0.25, 0.3) is 10.6 Å². The molecule has 0 aliphatic carbocycles. The smallest absolute Gasteiger partial charge is 0.267 e. The van der Waals surface area contributed by atoms with Gasteiger partial charge in [-0.05, 0) is 50.4 Å². The molecule has 2 heterocycles. The monoisotopic (exact) mass is 397 g/mol. The molecular weight excluding hydrogens is 374 g/mol. The first kappa shape index (κ1) is 19.8. The lowest BCUT2D eigenvalue weighted by atomic mass is 10.0. The number of rotatable bonds is 7. The number of ether oxygens (including phenoxy) is 1. The van der Waals surface area contributed by atoms with Gasteiger partial charge in [0.1, 0.15) is 23.6 Å². The van der Waals surface area contributed by atoms with Gasteiger partial charge in [-0.25, -0.2) is 4.68 Å². The summed E-state index contributed by atoms with van der Waals surface area (Å²) in [5.41, 5.74) is 0.369. The molecule has 28 heavy (non-hydrogen) atoms. The number of thiophene rings is 1. The van der Waals surface area contributed by atoms with Crippen molar-refractivity contribution in [2.24, 2.45) is 0 Å². The molecule has 0 aliphatic heterocycles. The first-order valence-electron chi connectivity index (χ1n) is 9.00. The molecule has 0 fully saturated rings. The van der Waals surface area contributed by atoms with Gasteiger partial charge in [0.25, 0.3) is 5.56 Å². The van der Waals surface area contributed by atoms with Gasteiger partial charge in [0.15, 0.2) is 0 Å². The molecule has 1 aromatic carbocycles. The van der Waals surface area contributed by atoms with Crippen molar-refractivity contribution in [3.8, 4) is 16.3 Å². The van der Waals surface area contributed by atoms with Crippen molar-refractivity contribution in [2.45, 2.75) is 26.3 Å². The highest BCUT2D eigenvalue weighted by atomic mass is 32.1. The average molecular weight is 398 g/mol. The quantitative estimate of drug-likeness (QED) is 0.622. The van der Waals surface area contributed by atoms with Crippen molar-refractivity contribution in [3.05, 3.63) is 69.8 Å². The minimum Gasteiger partial charge on any atom is -0.492 e. The zero-order chi connectivity index (χ0) is 20.1. The zero-order valence-electron chi connectivity index (χ0n) is 16.1. The number of carbonyl (C=O) groups is 1. The highest BCUT2D eigenvalue weighted by Crippen LogP contribution is 2.22. The minimum absolute atomic E-state index is 0.294. The van der Waals surface area contributed by atoms with Crippen LogP contribution in [0.15, 0.2) is 58.7 Å². The molecule has 0 saturated carbocycles. The normalized spacial score (nSPS) is 11.2. The van der Waals surface area contributed by atoms with E-state index < -0.39 is 5.54 Å². The van der Waals surface area contributed by atoms with E-state index >= 15 is 0 Å². The number of benzene rings is 1. The highest BCUT2D eigenvalue weighted by molar-refractivity contribution is 7.13. The number of nitrogens with zero attached hydrogens (tertiary/aromatic N) is 2. The lowest BCUT2D eigenvalue weighted by Crippen LogP contribution is -2.50. The van der Waals surface area contributed by atoms with Gasteiger partial charge in [0.2, 0.25) is 5.91 Å². The largest absolute Gasteiger partial charge is 0.492 e. The Morgan fingerprint density at radius 2 is 1.93 bits per heavy atom. The SMILES string of the molecule is Cc1ccc(OCCNC(=O)C(C)(C)n2nc(-c3cccs3)ccc2=O)cc1. The Labute approximate surface area is 167 Å². The maximum Gasteiger partial charge on any atom is 0.267 e. The van der Waals surface area contributed by atoms with Gasteiger partial charge >= 0.3 is 0 Å². The van der Waals surface area contributed by atoms with Gasteiger partial charge < -0.3 is 10.1 Å². The molecule has 0 bridgehead atoms. The second kappa shape index (κ2) is 8.39. The molecule has 7 heteroatoms. The van der Waals surface area contributed by atoms with Crippen LogP contribution in [-0.4, -0.2) is 28.8 Å². The van der Waals surface area contributed by atoms with Gasteiger partial charge in [-0.2, -0.15) is 5.10 Å². The van der Waals surface area contributed by atoms with Gasteiger partial charge in [-0.1, -0.05) is 23.8 Å². The number of amides is 1. The Morgan fingerprint density at radius 1 is 1.18 bits per heavy atom. The maximum absolute atomic E-state index is 12.7. The van der Waals surface area contributed by atoms with E-state index in [-0.39, 0.29) is 11.5 Å². The van der Waals surface area contributed by atoms with Crippen LogP contribution in [0.2, 0.25) is 0 Å². The standard InChI is InChI=1S/C21H23N3O3S/c1-15-6-8-16(9-7-15)27-13-12-22-20(26)21(2,3)24-19(25)11-10-17(23-24)18-5-4-14-28-18/h4-11,14H,12-13H2,1-3H3,(H,22,26). The van der Waals surface area contributed by atoms with Crippen LogP contribution in [0.5, 0.6) is 5.75 Å². The van der Waals surface area contributed by atoms with Crippen LogP contribution >= 0.6 is 11.3 Å². The Hall–Kier alpha value is -2.93. The lowest BCUT2D eigenvalue weighted by Gasteiger charge is -2.25. The number of hydrogen-bond acceptors (Lipinski definition) is 5. The third kappa shape index (κ3) is 4.48. The molecule has 0 unspecified atom stereocenters. The Bertz CT molecular complexity index is 992. The Morgan fingerprint density at radius 3 is 2.61 bits per heavy atom. The molecule has 0 aliphatic rings. The molecule has 0 radical (unpaired) electrons. The van der Waals surface area contributed by atoms with E-state index in [1.807, 2.05) is 48.7 Å². The molecule has 0 atom stereocenters. The molecule has 1 N–H and O–H groups in total. The van der Waals surface area contributed by atoms with Crippen molar-refractivity contribution in [1.29, 1.82) is 0 Å². The number of aromatic nitrogens is 2. The molecular formula is C21H23N3O3S. The predicted molar refractivity (Wildman–Crippen MR) is 111 cm³/mol. The van der Waals surface area contributed by atoms with Gasteiger partial charge in [0, 0.05) is 6.07 Å². The van der Waals surface area contributed by atoms with Crippen LogP contribution < -0.4 is 15.6 Å². The van der Waals surface area contributed by atoms with Crippen LogP contribution in [0.1, 0.15) is 19.4 Å². The number of hydrogen-bond donors (Lipinski definition) is 1. The summed E-state index contributed by atoms with van der Waals surface area (Å²) in [7, 11) is 0. The van der Waals surface area contributed by atoms with Crippen molar-refractivity contribution in [3.63, 3.8) is 0 Å². The van der Waals surface area contributed by atoms with Crippen molar-refractivity contribution >= 4 is 17.2 Å². The predicted octanol–water partition coefficient (Wildman–Crippen LogP) is 3.21. The number of carbonyl (C=O) groups excluding carboxylic acids is 1. The first-order valence-corrected chi connectivity index (χ1v) is 9.88. The van der Waals surface area contributed by atoms with Crippen LogP contribution in [0, 0.1) is 6.92 Å². The fraction of sp³-hybridized carbons (Fsp3) is 0.286. The minimum atomic E-state index is -1.13. The van der Waals surface area contributed by atoms with Crippen molar-refractivity contribution in [2.75, 3.05) is 13.2 Å². The zero-order valence-corrected chi connectivity index (χ0v) is 17.0. The second-order valence-corrected chi connectivity index (χ2v) is 7.87. The number of nitrogens with one attached hydrogen (secondary N) is 1. The van der Waals surface area contributed by atoms with Crippen molar-refractivity contribution in [1.82, 2.24) is 15.1 Å². The summed E-state index contributed by atoms with van der Waals surface area (Å²) in [6, 6.07) is 14.7. The molecule has 3 rings (SSSR count). The first-order chi connectivity index (χ1) is 13.4. The summed E-state index contributed by atoms with van der Waals surface area (Å²) in [4.78, 5) is 26.0. The molecule has 6 nitrogen and oxygen atoms in total. The van der Waals surface area contributed by atoms with E-state index in [4.69, 9.17) is 4.74 Å². The molecule has 146 valence electrons. The van der Waals surface area contributed by atoms with E-state index in [1.165, 1.54) is 22.1 Å². The van der Waals surface area contributed by atoms with Gasteiger partial charge in [-0.3, -0.25) is 9.59 Å². The third-order valence-corrected chi connectivity index (χ3v) is 5.23. The van der Waals surface area contributed by atoms with Crippen LogP contribution in [-0.2, 0) is 10.3 Å². The van der Waals surface area contributed by atoms with E-state index in [2.05, 4.69) is 10.4 Å². The number of aryl methyl sites for hydroxylation is 1. The summed E-state index contributed by atoms with van der Waals surface area (Å²) in [5, 5.41) is 9.18. The molecule has 0 saturated heterocycles.